The summed E-state index contributed by atoms with van der Waals surface area (Å²) in [6.07, 6.45) is 0. The van der Waals surface area contributed by atoms with Gasteiger partial charge in [0.1, 0.15) is 0 Å². The third kappa shape index (κ3) is 4.44. The minimum absolute atomic E-state index is 0.00823. The standard InChI is InChI=1S/C13H20N2O2/c1-3-15(7-8-16)13(17)14-10-12-6-4-5-11(2)9-12/h4-6,9,16H,3,7-8,10H2,1-2H3,(H,14,17). The number of aliphatic hydroxyl groups excluding tert-OH is 1. The van der Waals surface area contributed by atoms with Crippen LogP contribution in [0.5, 0.6) is 0 Å². The molecule has 0 unspecified atom stereocenters. The normalized spacial score (nSPS) is 10.1. The average Bonchev–Trinajstić information content (AvgIpc) is 2.33. The van der Waals surface area contributed by atoms with E-state index in [9.17, 15) is 4.79 Å². The molecule has 17 heavy (non-hydrogen) atoms. The van der Waals surface area contributed by atoms with Crippen molar-refractivity contribution in [3.8, 4) is 0 Å². The molecule has 0 saturated carbocycles. The molecule has 0 atom stereocenters. The topological polar surface area (TPSA) is 52.6 Å². The number of nitrogens with one attached hydrogen (secondary N) is 1. The first-order chi connectivity index (χ1) is 8.17. The van der Waals surface area contributed by atoms with E-state index in [1.807, 2.05) is 38.1 Å². The number of rotatable bonds is 5. The molecular formula is C13H20N2O2. The van der Waals surface area contributed by atoms with Gasteiger partial charge in [0.25, 0.3) is 0 Å². The number of aryl methyl sites for hydroxylation is 1. The Kier molecular flexibility index (Phi) is 5.49. The van der Waals surface area contributed by atoms with Gasteiger partial charge in [-0.25, -0.2) is 4.79 Å². The predicted molar refractivity (Wildman–Crippen MR) is 67.7 cm³/mol. The van der Waals surface area contributed by atoms with Gasteiger partial charge in [0.05, 0.1) is 6.61 Å². The Bertz CT molecular complexity index is 366. The monoisotopic (exact) mass is 236 g/mol. The van der Waals surface area contributed by atoms with Crippen LogP contribution < -0.4 is 5.32 Å². The SMILES string of the molecule is CCN(CCO)C(=O)NCc1cccc(C)c1. The number of amides is 2. The average molecular weight is 236 g/mol. The Hall–Kier alpha value is -1.55. The summed E-state index contributed by atoms with van der Waals surface area (Å²) in [5.74, 6) is 0. The molecule has 4 heteroatoms. The van der Waals surface area contributed by atoms with Gasteiger partial charge in [-0.1, -0.05) is 29.8 Å². The molecule has 4 nitrogen and oxygen atoms in total. The molecule has 1 aromatic carbocycles. The summed E-state index contributed by atoms with van der Waals surface area (Å²) in [6.45, 7) is 5.39. The lowest BCUT2D eigenvalue weighted by atomic mass is 10.1. The summed E-state index contributed by atoms with van der Waals surface area (Å²) in [6, 6.07) is 7.89. The quantitative estimate of drug-likeness (QED) is 0.814. The number of hydrogen-bond donors (Lipinski definition) is 2. The van der Waals surface area contributed by atoms with Crippen LogP contribution in [-0.2, 0) is 6.54 Å². The molecule has 0 heterocycles. The predicted octanol–water partition coefficient (Wildman–Crippen LogP) is 1.52. The summed E-state index contributed by atoms with van der Waals surface area (Å²) in [5, 5.41) is 11.7. The molecule has 0 saturated heterocycles. The Morgan fingerprint density at radius 2 is 2.24 bits per heavy atom. The number of nitrogens with zero attached hydrogens (tertiary/aromatic N) is 1. The zero-order valence-corrected chi connectivity index (χ0v) is 10.4. The van der Waals surface area contributed by atoms with E-state index in [-0.39, 0.29) is 12.6 Å². The van der Waals surface area contributed by atoms with Crippen molar-refractivity contribution in [2.45, 2.75) is 20.4 Å². The minimum atomic E-state index is -0.136. The summed E-state index contributed by atoms with van der Waals surface area (Å²) in [7, 11) is 0. The molecule has 0 bridgehead atoms. The number of hydrogen-bond acceptors (Lipinski definition) is 2. The minimum Gasteiger partial charge on any atom is -0.395 e. The van der Waals surface area contributed by atoms with Crippen LogP contribution in [-0.4, -0.2) is 35.7 Å². The lowest BCUT2D eigenvalue weighted by Gasteiger charge is -2.20. The van der Waals surface area contributed by atoms with Gasteiger partial charge in [0.15, 0.2) is 0 Å². The van der Waals surface area contributed by atoms with Gasteiger partial charge in [-0.3, -0.25) is 0 Å². The molecule has 0 aromatic heterocycles. The van der Waals surface area contributed by atoms with Crippen molar-refractivity contribution in [2.75, 3.05) is 19.7 Å². The van der Waals surface area contributed by atoms with Gasteiger partial charge in [0.2, 0.25) is 0 Å². The first-order valence-corrected chi connectivity index (χ1v) is 5.86. The van der Waals surface area contributed by atoms with Crippen LogP contribution in [0.25, 0.3) is 0 Å². The Morgan fingerprint density at radius 3 is 2.82 bits per heavy atom. The van der Waals surface area contributed by atoms with E-state index < -0.39 is 0 Å². The molecular weight excluding hydrogens is 216 g/mol. The van der Waals surface area contributed by atoms with Crippen LogP contribution in [0.15, 0.2) is 24.3 Å². The van der Waals surface area contributed by atoms with Crippen molar-refractivity contribution in [1.82, 2.24) is 10.2 Å². The molecule has 0 spiro atoms. The fourth-order valence-electron chi connectivity index (χ4n) is 1.64. The highest BCUT2D eigenvalue weighted by molar-refractivity contribution is 5.74. The number of aliphatic hydroxyl groups is 1. The van der Waals surface area contributed by atoms with Crippen LogP contribution in [0.2, 0.25) is 0 Å². The number of benzene rings is 1. The lowest BCUT2D eigenvalue weighted by molar-refractivity contribution is 0.180. The van der Waals surface area contributed by atoms with Gasteiger partial charge in [0, 0.05) is 19.6 Å². The number of carbonyl (C=O) groups is 1. The molecule has 1 rings (SSSR count). The fourth-order valence-corrected chi connectivity index (χ4v) is 1.64. The third-order valence-electron chi connectivity index (χ3n) is 2.57. The second kappa shape index (κ2) is 6.91. The van der Waals surface area contributed by atoms with E-state index in [0.717, 1.165) is 5.56 Å². The Balaban J connectivity index is 2.47. The van der Waals surface area contributed by atoms with Crippen LogP contribution in [0.4, 0.5) is 4.79 Å². The van der Waals surface area contributed by atoms with E-state index in [0.29, 0.717) is 19.6 Å². The van der Waals surface area contributed by atoms with Crippen molar-refractivity contribution in [3.05, 3.63) is 35.4 Å². The highest BCUT2D eigenvalue weighted by Crippen LogP contribution is 2.03. The molecule has 0 radical (unpaired) electrons. The van der Waals surface area contributed by atoms with Gasteiger partial charge in [-0.05, 0) is 19.4 Å². The van der Waals surface area contributed by atoms with E-state index in [1.165, 1.54) is 5.56 Å². The fraction of sp³-hybridized carbons (Fsp3) is 0.462. The van der Waals surface area contributed by atoms with E-state index in [4.69, 9.17) is 5.11 Å². The Labute approximate surface area is 102 Å². The molecule has 1 aromatic rings. The largest absolute Gasteiger partial charge is 0.395 e. The summed E-state index contributed by atoms with van der Waals surface area (Å²) < 4.78 is 0. The van der Waals surface area contributed by atoms with Crippen molar-refractivity contribution in [3.63, 3.8) is 0 Å². The third-order valence-corrected chi connectivity index (χ3v) is 2.57. The van der Waals surface area contributed by atoms with Crippen LogP contribution >= 0.6 is 0 Å². The second-order valence-electron chi connectivity index (χ2n) is 3.95. The van der Waals surface area contributed by atoms with Crippen molar-refractivity contribution in [2.24, 2.45) is 0 Å². The van der Waals surface area contributed by atoms with Gasteiger partial charge >= 0.3 is 6.03 Å². The molecule has 94 valence electrons. The highest BCUT2D eigenvalue weighted by atomic mass is 16.3. The van der Waals surface area contributed by atoms with Crippen molar-refractivity contribution >= 4 is 6.03 Å². The van der Waals surface area contributed by atoms with Crippen LogP contribution in [0.1, 0.15) is 18.1 Å². The smallest absolute Gasteiger partial charge is 0.317 e. The van der Waals surface area contributed by atoms with Gasteiger partial charge < -0.3 is 15.3 Å². The van der Waals surface area contributed by atoms with Crippen molar-refractivity contribution in [1.29, 1.82) is 0 Å². The second-order valence-corrected chi connectivity index (χ2v) is 3.95. The van der Waals surface area contributed by atoms with E-state index in [1.54, 1.807) is 4.90 Å². The molecule has 0 aliphatic heterocycles. The lowest BCUT2D eigenvalue weighted by Crippen LogP contribution is -2.41. The van der Waals surface area contributed by atoms with Crippen molar-refractivity contribution < 1.29 is 9.90 Å². The summed E-state index contributed by atoms with van der Waals surface area (Å²) >= 11 is 0. The first-order valence-electron chi connectivity index (χ1n) is 5.86. The van der Waals surface area contributed by atoms with E-state index in [2.05, 4.69) is 5.32 Å². The van der Waals surface area contributed by atoms with Crippen LogP contribution in [0, 0.1) is 6.92 Å². The number of likely N-dealkylation sites (N-methyl/N-ethyl adjacent to an activating group) is 1. The molecule has 2 amide bonds. The number of urea groups is 1. The maximum atomic E-state index is 11.7. The molecule has 0 fully saturated rings. The summed E-state index contributed by atoms with van der Waals surface area (Å²) in [5.41, 5.74) is 2.26. The zero-order valence-electron chi connectivity index (χ0n) is 10.4. The first kappa shape index (κ1) is 13.5. The van der Waals surface area contributed by atoms with E-state index >= 15 is 0 Å². The van der Waals surface area contributed by atoms with Crippen LogP contribution in [0.3, 0.4) is 0 Å². The molecule has 0 aliphatic rings. The zero-order chi connectivity index (χ0) is 12.7. The highest BCUT2D eigenvalue weighted by Gasteiger charge is 2.09. The number of carbonyl (C=O) groups excluding carboxylic acids is 1. The maximum Gasteiger partial charge on any atom is 0.317 e. The Morgan fingerprint density at radius 1 is 1.47 bits per heavy atom. The van der Waals surface area contributed by atoms with Gasteiger partial charge in [-0.15, -0.1) is 0 Å². The molecule has 2 N–H and O–H groups in total. The van der Waals surface area contributed by atoms with Gasteiger partial charge in [-0.2, -0.15) is 0 Å². The maximum absolute atomic E-state index is 11.7. The summed E-state index contributed by atoms with van der Waals surface area (Å²) in [4.78, 5) is 13.3. The molecule has 0 aliphatic carbocycles.